The van der Waals surface area contributed by atoms with E-state index >= 15 is 0 Å². The number of carbonyl (C=O) groups excluding carboxylic acids is 2. The van der Waals surface area contributed by atoms with Crippen molar-refractivity contribution in [3.8, 4) is 0 Å². The molecule has 1 aromatic carbocycles. The van der Waals surface area contributed by atoms with Crippen LogP contribution in [-0.4, -0.2) is 33.8 Å². The first-order valence-electron chi connectivity index (χ1n) is 7.10. The summed E-state index contributed by atoms with van der Waals surface area (Å²) in [6, 6.07) is 8.09. The Morgan fingerprint density at radius 2 is 1.90 bits per heavy atom. The molecule has 2 amide bonds. The van der Waals surface area contributed by atoms with Gasteiger partial charge in [-0.3, -0.25) is 14.5 Å². The molecule has 0 bridgehead atoms. The molecule has 2 unspecified atom stereocenters. The molecule has 1 aliphatic heterocycles. The van der Waals surface area contributed by atoms with Crippen molar-refractivity contribution in [3.63, 3.8) is 0 Å². The Morgan fingerprint density at radius 3 is 2.43 bits per heavy atom. The molecule has 1 aliphatic carbocycles. The number of carboxylic acids is 1. The van der Waals surface area contributed by atoms with Gasteiger partial charge in [0.1, 0.15) is 6.04 Å². The number of hydrogen-bond donors (Lipinski definition) is 1. The minimum absolute atomic E-state index is 0.0341. The number of benzene rings is 1. The number of rotatable bonds is 4. The zero-order valence-corrected chi connectivity index (χ0v) is 11.8. The fourth-order valence-electron chi connectivity index (χ4n) is 3.09. The van der Waals surface area contributed by atoms with Gasteiger partial charge in [0.25, 0.3) is 0 Å². The summed E-state index contributed by atoms with van der Waals surface area (Å²) in [4.78, 5) is 37.5. The molecule has 5 heteroatoms. The van der Waals surface area contributed by atoms with Gasteiger partial charge in [0.05, 0.1) is 5.41 Å². The predicted octanol–water partition coefficient (Wildman–Crippen LogP) is 1.57. The average Bonchev–Trinajstić information content (AvgIpc) is 3.24. The van der Waals surface area contributed by atoms with Gasteiger partial charge in [-0.25, -0.2) is 4.79 Å². The zero-order chi connectivity index (χ0) is 15.2. The van der Waals surface area contributed by atoms with Crippen LogP contribution in [0.5, 0.6) is 0 Å². The summed E-state index contributed by atoms with van der Waals surface area (Å²) in [5.74, 6) is -1.95. The molecule has 110 valence electrons. The van der Waals surface area contributed by atoms with Crippen molar-refractivity contribution in [3.05, 3.63) is 35.9 Å². The molecule has 5 nitrogen and oxygen atoms in total. The molecule has 2 fully saturated rings. The van der Waals surface area contributed by atoms with Gasteiger partial charge in [-0.2, -0.15) is 0 Å². The summed E-state index contributed by atoms with van der Waals surface area (Å²) in [5, 5.41) is 9.37. The summed E-state index contributed by atoms with van der Waals surface area (Å²) in [7, 11) is 0. The third kappa shape index (κ3) is 2.13. The van der Waals surface area contributed by atoms with Crippen molar-refractivity contribution in [2.45, 2.75) is 37.6 Å². The molecular weight excluding hydrogens is 270 g/mol. The second-order valence-corrected chi connectivity index (χ2v) is 6.06. The third-order valence-corrected chi connectivity index (χ3v) is 4.47. The van der Waals surface area contributed by atoms with E-state index in [4.69, 9.17) is 0 Å². The van der Waals surface area contributed by atoms with Gasteiger partial charge in [0, 0.05) is 6.42 Å². The Kier molecular flexibility index (Phi) is 3.08. The van der Waals surface area contributed by atoms with E-state index in [2.05, 4.69) is 0 Å². The van der Waals surface area contributed by atoms with E-state index in [-0.39, 0.29) is 18.2 Å². The summed E-state index contributed by atoms with van der Waals surface area (Å²) in [5.41, 5.74) is -0.202. The van der Waals surface area contributed by atoms with Gasteiger partial charge in [-0.05, 0) is 31.2 Å². The second kappa shape index (κ2) is 4.69. The van der Waals surface area contributed by atoms with Crippen LogP contribution in [0.4, 0.5) is 0 Å². The van der Waals surface area contributed by atoms with Gasteiger partial charge in [0.2, 0.25) is 11.8 Å². The van der Waals surface area contributed by atoms with E-state index in [1.807, 2.05) is 30.3 Å². The summed E-state index contributed by atoms with van der Waals surface area (Å²) < 4.78 is 0. The number of nitrogens with zero attached hydrogens (tertiary/aromatic N) is 1. The summed E-state index contributed by atoms with van der Waals surface area (Å²) in [6.07, 6.45) is 1.55. The van der Waals surface area contributed by atoms with Crippen molar-refractivity contribution in [2.24, 2.45) is 5.92 Å². The van der Waals surface area contributed by atoms with Gasteiger partial charge in [-0.15, -0.1) is 0 Å². The van der Waals surface area contributed by atoms with E-state index in [0.29, 0.717) is 0 Å². The molecule has 3 rings (SSSR count). The Balaban J connectivity index is 1.97. The molecule has 2 atom stereocenters. The van der Waals surface area contributed by atoms with Crippen LogP contribution in [0.3, 0.4) is 0 Å². The highest BCUT2D eigenvalue weighted by molar-refractivity contribution is 6.11. The molecule has 1 saturated carbocycles. The van der Waals surface area contributed by atoms with Gasteiger partial charge < -0.3 is 5.11 Å². The number of hydrogen-bond acceptors (Lipinski definition) is 3. The van der Waals surface area contributed by atoms with Crippen LogP contribution in [0.15, 0.2) is 30.3 Å². The fraction of sp³-hybridized carbons (Fsp3) is 0.438. The Bertz CT molecular complexity index is 608. The lowest BCUT2D eigenvalue weighted by molar-refractivity contribution is -0.155. The molecule has 1 saturated heterocycles. The maximum Gasteiger partial charge on any atom is 0.327 e. The molecule has 0 spiro atoms. The van der Waals surface area contributed by atoms with Gasteiger partial charge in [-0.1, -0.05) is 30.3 Å². The Labute approximate surface area is 122 Å². The van der Waals surface area contributed by atoms with Crippen molar-refractivity contribution in [1.82, 2.24) is 4.90 Å². The first-order chi connectivity index (χ1) is 9.95. The number of carbonyl (C=O) groups is 3. The monoisotopic (exact) mass is 287 g/mol. The number of carboxylic acid groups (broad SMARTS) is 1. The number of amides is 2. The quantitative estimate of drug-likeness (QED) is 0.853. The number of aliphatic carboxylic acids is 1. The van der Waals surface area contributed by atoms with Crippen LogP contribution >= 0.6 is 0 Å². The van der Waals surface area contributed by atoms with Crippen molar-refractivity contribution >= 4 is 17.8 Å². The third-order valence-electron chi connectivity index (χ3n) is 4.47. The second-order valence-electron chi connectivity index (χ2n) is 6.06. The minimum Gasteiger partial charge on any atom is -0.480 e. The van der Waals surface area contributed by atoms with Crippen LogP contribution < -0.4 is 0 Å². The summed E-state index contributed by atoms with van der Waals surface area (Å²) in [6.45, 7) is 1.72. The van der Waals surface area contributed by atoms with Gasteiger partial charge in [0.15, 0.2) is 0 Å². The maximum atomic E-state index is 12.8. The number of imide groups is 1. The topological polar surface area (TPSA) is 74.7 Å². The van der Waals surface area contributed by atoms with Crippen LogP contribution in [0, 0.1) is 5.92 Å². The largest absolute Gasteiger partial charge is 0.480 e. The van der Waals surface area contributed by atoms with E-state index in [1.54, 1.807) is 6.92 Å². The Morgan fingerprint density at radius 1 is 1.29 bits per heavy atom. The highest BCUT2D eigenvalue weighted by Gasteiger charge is 2.55. The maximum absolute atomic E-state index is 12.8. The van der Waals surface area contributed by atoms with E-state index in [1.165, 1.54) is 0 Å². The Hall–Kier alpha value is -2.17. The van der Waals surface area contributed by atoms with Crippen LogP contribution in [-0.2, 0) is 19.8 Å². The highest BCUT2D eigenvalue weighted by atomic mass is 16.4. The van der Waals surface area contributed by atoms with Gasteiger partial charge >= 0.3 is 5.97 Å². The van der Waals surface area contributed by atoms with E-state index < -0.39 is 23.3 Å². The lowest BCUT2D eigenvalue weighted by atomic mass is 9.81. The van der Waals surface area contributed by atoms with Crippen LogP contribution in [0.1, 0.15) is 31.7 Å². The average molecular weight is 287 g/mol. The fourth-order valence-corrected chi connectivity index (χ4v) is 3.09. The molecule has 1 aromatic rings. The predicted molar refractivity (Wildman–Crippen MR) is 74.4 cm³/mol. The molecule has 0 radical (unpaired) electrons. The van der Waals surface area contributed by atoms with Crippen molar-refractivity contribution in [1.29, 1.82) is 0 Å². The first-order valence-corrected chi connectivity index (χ1v) is 7.10. The molecule has 1 N–H and O–H groups in total. The van der Waals surface area contributed by atoms with Crippen molar-refractivity contribution in [2.75, 3.05) is 0 Å². The van der Waals surface area contributed by atoms with Crippen molar-refractivity contribution < 1.29 is 19.5 Å². The normalized spacial score (nSPS) is 27.0. The lowest BCUT2D eigenvalue weighted by Gasteiger charge is -2.26. The molecular formula is C16H17NO4. The SMILES string of the molecule is CC1(c2ccccc2)CC(=O)N(C(C(=O)O)C2CC2)C1=O. The highest BCUT2D eigenvalue weighted by Crippen LogP contribution is 2.42. The standard InChI is InChI=1S/C16H17NO4/c1-16(11-5-3-2-4-6-11)9-12(18)17(15(16)21)13(14(19)20)10-7-8-10/h2-6,10,13H,7-9H2,1H3,(H,19,20). The van der Waals surface area contributed by atoms with E-state index in [0.717, 1.165) is 23.3 Å². The summed E-state index contributed by atoms with van der Waals surface area (Å²) >= 11 is 0. The first kappa shape index (κ1) is 13.8. The smallest absolute Gasteiger partial charge is 0.327 e. The van der Waals surface area contributed by atoms with E-state index in [9.17, 15) is 19.5 Å². The molecule has 2 aliphatic rings. The molecule has 1 heterocycles. The molecule has 21 heavy (non-hydrogen) atoms. The number of likely N-dealkylation sites (tertiary alicyclic amines) is 1. The molecule has 0 aromatic heterocycles. The van der Waals surface area contributed by atoms with Crippen LogP contribution in [0.2, 0.25) is 0 Å². The van der Waals surface area contributed by atoms with Crippen LogP contribution in [0.25, 0.3) is 0 Å². The minimum atomic E-state index is -1.09. The zero-order valence-electron chi connectivity index (χ0n) is 11.8. The lowest BCUT2D eigenvalue weighted by Crippen LogP contribution is -2.48.